The molecule has 2 aromatic rings. The number of carbonyl (C=O) groups excluding carboxylic acids is 2. The van der Waals surface area contributed by atoms with Crippen LogP contribution in [0.3, 0.4) is 0 Å². The topological polar surface area (TPSA) is 105 Å². The lowest BCUT2D eigenvalue weighted by molar-refractivity contribution is -0.139. The zero-order valence-corrected chi connectivity index (χ0v) is 22.5. The van der Waals surface area contributed by atoms with Crippen molar-refractivity contribution in [2.75, 3.05) is 32.6 Å². The maximum Gasteiger partial charge on any atom is 0.260 e. The van der Waals surface area contributed by atoms with Crippen LogP contribution in [-0.2, 0) is 37.5 Å². The second-order valence-corrected chi connectivity index (χ2v) is 11.3. The fraction of sp³-hybridized carbons (Fsp3) is 0.440. The van der Waals surface area contributed by atoms with Crippen LogP contribution in [0, 0.1) is 5.82 Å². The quantitative estimate of drug-likeness (QED) is 0.480. The highest BCUT2D eigenvalue weighted by Crippen LogP contribution is 2.25. The molecule has 2 amide bonds. The van der Waals surface area contributed by atoms with Crippen molar-refractivity contribution in [2.45, 2.75) is 39.1 Å². The first-order valence-corrected chi connectivity index (χ1v) is 14.0. The van der Waals surface area contributed by atoms with Crippen LogP contribution in [0.15, 0.2) is 42.5 Å². The molecule has 3 rings (SSSR count). The summed E-state index contributed by atoms with van der Waals surface area (Å²) in [7, 11) is -3.68. The first kappa shape index (κ1) is 28.8. The van der Waals surface area contributed by atoms with E-state index in [0.29, 0.717) is 36.0 Å². The van der Waals surface area contributed by atoms with Gasteiger partial charge in [-0.3, -0.25) is 19.2 Å². The van der Waals surface area contributed by atoms with Gasteiger partial charge in [-0.05, 0) is 49.7 Å². The van der Waals surface area contributed by atoms with E-state index in [1.807, 2.05) is 18.6 Å². The molecule has 2 atom stereocenters. The molecule has 12 heteroatoms. The summed E-state index contributed by atoms with van der Waals surface area (Å²) in [5, 5.41) is 0.414. The molecule has 0 bridgehead atoms. The predicted octanol–water partition coefficient (Wildman–Crippen LogP) is 2.57. The Bertz CT molecular complexity index is 1210. The molecule has 37 heavy (non-hydrogen) atoms. The average molecular weight is 556 g/mol. The van der Waals surface area contributed by atoms with Crippen molar-refractivity contribution in [1.29, 1.82) is 0 Å². The van der Waals surface area contributed by atoms with Gasteiger partial charge in [-0.15, -0.1) is 0 Å². The molecule has 202 valence electrons. The lowest BCUT2D eigenvalue weighted by Gasteiger charge is -2.44. The molecule has 1 heterocycles. The highest BCUT2D eigenvalue weighted by molar-refractivity contribution is 7.89. The summed E-state index contributed by atoms with van der Waals surface area (Å²) >= 11 is 6.08. The SMILES string of the molecule is CC1CN(C(=O)COc2ccc(Cl)cc2COCC(=O)NS(C)(=O)=O)C(C)CN1Cc1ccc(F)cc1. The highest BCUT2D eigenvalue weighted by atomic mass is 35.5. The van der Waals surface area contributed by atoms with Crippen LogP contribution >= 0.6 is 11.6 Å². The number of ether oxygens (including phenoxy) is 2. The van der Waals surface area contributed by atoms with Crippen LogP contribution in [-0.4, -0.2) is 74.7 Å². The summed E-state index contributed by atoms with van der Waals surface area (Å²) in [6, 6.07) is 11.3. The number of hydrogen-bond acceptors (Lipinski definition) is 7. The standard InChI is InChI=1S/C25H31ClFN3O6S/c1-17-12-30(18(2)11-29(17)13-19-4-7-22(27)8-5-19)25(32)16-36-23-9-6-21(26)10-20(23)14-35-15-24(31)28-37(3,33)34/h4-10,17-18H,11-16H2,1-3H3,(H,28,31). The van der Waals surface area contributed by atoms with E-state index in [0.717, 1.165) is 11.8 Å². The predicted molar refractivity (Wildman–Crippen MR) is 137 cm³/mol. The molecule has 1 aliphatic heterocycles. The second kappa shape index (κ2) is 12.7. The van der Waals surface area contributed by atoms with Gasteiger partial charge in [0.25, 0.3) is 11.8 Å². The normalized spacial score (nSPS) is 18.5. The molecular formula is C25H31ClFN3O6S. The Balaban J connectivity index is 1.54. The van der Waals surface area contributed by atoms with Crippen LogP contribution in [0.4, 0.5) is 4.39 Å². The number of sulfonamides is 1. The number of halogens is 2. The second-order valence-electron chi connectivity index (χ2n) is 9.13. The average Bonchev–Trinajstić information content (AvgIpc) is 2.80. The Morgan fingerprint density at radius 3 is 2.46 bits per heavy atom. The van der Waals surface area contributed by atoms with E-state index in [1.54, 1.807) is 35.2 Å². The van der Waals surface area contributed by atoms with Gasteiger partial charge in [0.1, 0.15) is 18.2 Å². The molecule has 0 saturated carbocycles. The number of rotatable bonds is 10. The lowest BCUT2D eigenvalue weighted by Crippen LogP contribution is -2.58. The number of nitrogens with one attached hydrogen (secondary N) is 1. The lowest BCUT2D eigenvalue weighted by atomic mass is 10.1. The minimum absolute atomic E-state index is 0.0471. The summed E-state index contributed by atoms with van der Waals surface area (Å²) in [5.74, 6) is -0.871. The zero-order chi connectivity index (χ0) is 27.2. The third-order valence-corrected chi connectivity index (χ3v) is 6.73. The van der Waals surface area contributed by atoms with E-state index in [2.05, 4.69) is 4.90 Å². The van der Waals surface area contributed by atoms with E-state index in [-0.39, 0.29) is 37.0 Å². The molecule has 1 fully saturated rings. The minimum Gasteiger partial charge on any atom is -0.483 e. The van der Waals surface area contributed by atoms with E-state index < -0.39 is 22.5 Å². The van der Waals surface area contributed by atoms with Gasteiger partial charge in [0.15, 0.2) is 6.61 Å². The van der Waals surface area contributed by atoms with Crippen molar-refractivity contribution in [3.8, 4) is 5.75 Å². The minimum atomic E-state index is -3.68. The van der Waals surface area contributed by atoms with Crippen molar-refractivity contribution in [1.82, 2.24) is 14.5 Å². The van der Waals surface area contributed by atoms with Gasteiger partial charge in [0, 0.05) is 42.3 Å². The van der Waals surface area contributed by atoms with Gasteiger partial charge < -0.3 is 14.4 Å². The Kier molecular flexibility index (Phi) is 9.88. The van der Waals surface area contributed by atoms with Gasteiger partial charge in [0.2, 0.25) is 10.0 Å². The fourth-order valence-electron chi connectivity index (χ4n) is 4.10. The molecule has 1 saturated heterocycles. The Labute approximate surface area is 221 Å². The number of benzene rings is 2. The van der Waals surface area contributed by atoms with E-state index in [9.17, 15) is 22.4 Å². The van der Waals surface area contributed by atoms with E-state index in [4.69, 9.17) is 21.1 Å². The van der Waals surface area contributed by atoms with Gasteiger partial charge in [-0.2, -0.15) is 0 Å². The number of hydrogen-bond donors (Lipinski definition) is 1. The third kappa shape index (κ3) is 8.96. The number of amides is 2. The molecular weight excluding hydrogens is 525 g/mol. The van der Waals surface area contributed by atoms with Crippen LogP contribution in [0.5, 0.6) is 5.75 Å². The Hall–Kier alpha value is -2.73. The summed E-state index contributed by atoms with van der Waals surface area (Å²) in [6.45, 7) is 5.14. The Morgan fingerprint density at radius 2 is 1.78 bits per heavy atom. The Morgan fingerprint density at radius 1 is 1.08 bits per heavy atom. The van der Waals surface area contributed by atoms with Crippen molar-refractivity contribution < 1.29 is 31.9 Å². The molecule has 2 aromatic carbocycles. The van der Waals surface area contributed by atoms with E-state index >= 15 is 0 Å². The number of piperazine rings is 1. The first-order chi connectivity index (χ1) is 17.4. The monoisotopic (exact) mass is 555 g/mol. The van der Waals surface area contributed by atoms with Crippen LogP contribution in [0.25, 0.3) is 0 Å². The van der Waals surface area contributed by atoms with Crippen LogP contribution in [0.1, 0.15) is 25.0 Å². The maximum atomic E-state index is 13.2. The molecule has 0 radical (unpaired) electrons. The van der Waals surface area contributed by atoms with Gasteiger partial charge in [0.05, 0.1) is 12.9 Å². The zero-order valence-electron chi connectivity index (χ0n) is 20.9. The number of carbonyl (C=O) groups is 2. The van der Waals surface area contributed by atoms with E-state index in [1.165, 1.54) is 12.1 Å². The van der Waals surface area contributed by atoms with Crippen LogP contribution < -0.4 is 9.46 Å². The summed E-state index contributed by atoms with van der Waals surface area (Å²) in [5.41, 5.74) is 1.52. The van der Waals surface area contributed by atoms with Crippen molar-refractivity contribution >= 4 is 33.4 Å². The fourth-order valence-corrected chi connectivity index (χ4v) is 4.77. The van der Waals surface area contributed by atoms with Gasteiger partial charge in [-0.1, -0.05) is 23.7 Å². The smallest absolute Gasteiger partial charge is 0.260 e. The number of nitrogens with zero attached hydrogens (tertiary/aromatic N) is 2. The molecule has 0 aliphatic carbocycles. The molecule has 0 spiro atoms. The molecule has 1 aliphatic rings. The summed E-state index contributed by atoms with van der Waals surface area (Å²) < 4.78 is 48.4. The summed E-state index contributed by atoms with van der Waals surface area (Å²) in [4.78, 5) is 28.7. The molecule has 0 aromatic heterocycles. The molecule has 9 nitrogen and oxygen atoms in total. The maximum absolute atomic E-state index is 13.2. The largest absolute Gasteiger partial charge is 0.483 e. The van der Waals surface area contributed by atoms with Crippen molar-refractivity contribution in [3.63, 3.8) is 0 Å². The van der Waals surface area contributed by atoms with Crippen molar-refractivity contribution in [2.24, 2.45) is 0 Å². The highest BCUT2D eigenvalue weighted by Gasteiger charge is 2.32. The van der Waals surface area contributed by atoms with Crippen LogP contribution in [0.2, 0.25) is 5.02 Å². The van der Waals surface area contributed by atoms with Crippen molar-refractivity contribution in [3.05, 3.63) is 64.4 Å². The molecule has 2 unspecified atom stereocenters. The summed E-state index contributed by atoms with van der Waals surface area (Å²) in [6.07, 6.45) is 0.873. The first-order valence-electron chi connectivity index (χ1n) is 11.7. The third-order valence-electron chi connectivity index (χ3n) is 5.90. The van der Waals surface area contributed by atoms with Gasteiger partial charge >= 0.3 is 0 Å². The van der Waals surface area contributed by atoms with Gasteiger partial charge in [-0.25, -0.2) is 12.8 Å². The molecule has 1 N–H and O–H groups in total.